The van der Waals surface area contributed by atoms with Crippen molar-refractivity contribution in [3.05, 3.63) is 71.3 Å². The first-order chi connectivity index (χ1) is 9.20. The summed E-state index contributed by atoms with van der Waals surface area (Å²) in [5.41, 5.74) is 3.06. The van der Waals surface area contributed by atoms with Crippen LogP contribution in [0.3, 0.4) is 0 Å². The van der Waals surface area contributed by atoms with Gasteiger partial charge in [0.2, 0.25) is 0 Å². The maximum absolute atomic E-state index is 12.1. The highest BCUT2D eigenvalue weighted by Gasteiger charge is 2.10. The predicted molar refractivity (Wildman–Crippen MR) is 78.1 cm³/mol. The average Bonchev–Trinajstić information content (AvgIpc) is 2.48. The van der Waals surface area contributed by atoms with Crippen LogP contribution in [0.4, 0.5) is 0 Å². The molecule has 0 bridgehead atoms. The third-order valence-electron chi connectivity index (χ3n) is 3.27. The second kappa shape index (κ2) is 6.19. The molecule has 2 heteroatoms. The Balaban J connectivity index is 2.04. The van der Waals surface area contributed by atoms with Crippen molar-refractivity contribution in [3.63, 3.8) is 0 Å². The number of carbonyl (C=O) groups excluding carboxylic acids is 1. The van der Waals surface area contributed by atoms with E-state index < -0.39 is 0 Å². The van der Waals surface area contributed by atoms with Gasteiger partial charge in [0.15, 0.2) is 0 Å². The normalized spacial score (nSPS) is 11.9. The standard InChI is InChI=1S/C17H19NO/c1-3-14-9-11-16(12-10-14)17(19)18-13(2)15-7-5-4-6-8-15/h4-13H,3H2,1-2H3,(H,18,19). The Labute approximate surface area is 114 Å². The van der Waals surface area contributed by atoms with Crippen LogP contribution in [0.25, 0.3) is 0 Å². The molecule has 0 spiro atoms. The SMILES string of the molecule is CCc1ccc(C(=O)NC(C)c2ccccc2)cc1. The zero-order valence-corrected chi connectivity index (χ0v) is 11.4. The minimum absolute atomic E-state index is 0.0135. The van der Waals surface area contributed by atoms with Crippen molar-refractivity contribution < 1.29 is 4.79 Å². The van der Waals surface area contributed by atoms with Crippen molar-refractivity contribution in [3.8, 4) is 0 Å². The summed E-state index contributed by atoms with van der Waals surface area (Å²) < 4.78 is 0. The lowest BCUT2D eigenvalue weighted by Crippen LogP contribution is -2.26. The molecule has 0 fully saturated rings. The van der Waals surface area contributed by atoms with Gasteiger partial charge < -0.3 is 5.32 Å². The van der Waals surface area contributed by atoms with Crippen molar-refractivity contribution >= 4 is 5.91 Å². The van der Waals surface area contributed by atoms with Crippen LogP contribution in [0, 0.1) is 0 Å². The lowest BCUT2D eigenvalue weighted by atomic mass is 10.1. The Morgan fingerprint density at radius 3 is 2.26 bits per heavy atom. The van der Waals surface area contributed by atoms with Gasteiger partial charge in [-0.25, -0.2) is 0 Å². The molecule has 0 heterocycles. The molecule has 0 aliphatic carbocycles. The van der Waals surface area contributed by atoms with E-state index in [1.54, 1.807) is 0 Å². The summed E-state index contributed by atoms with van der Waals surface area (Å²) >= 11 is 0. The largest absolute Gasteiger partial charge is 0.346 e. The molecule has 0 radical (unpaired) electrons. The van der Waals surface area contributed by atoms with Crippen molar-refractivity contribution in [2.45, 2.75) is 26.3 Å². The molecule has 1 atom stereocenters. The Hall–Kier alpha value is -2.09. The number of hydrogen-bond acceptors (Lipinski definition) is 1. The summed E-state index contributed by atoms with van der Waals surface area (Å²) in [6, 6.07) is 17.8. The summed E-state index contributed by atoms with van der Waals surface area (Å²) in [4.78, 5) is 12.1. The van der Waals surface area contributed by atoms with Crippen LogP contribution in [0.15, 0.2) is 54.6 Å². The number of nitrogens with one attached hydrogen (secondary N) is 1. The molecule has 0 aliphatic heterocycles. The lowest BCUT2D eigenvalue weighted by Gasteiger charge is -2.14. The van der Waals surface area contributed by atoms with Crippen LogP contribution in [0.2, 0.25) is 0 Å². The Bertz CT molecular complexity index is 531. The van der Waals surface area contributed by atoms with Crippen molar-refractivity contribution in [1.29, 1.82) is 0 Å². The third-order valence-corrected chi connectivity index (χ3v) is 3.27. The van der Waals surface area contributed by atoms with Crippen LogP contribution < -0.4 is 5.32 Å². The second-order valence-electron chi connectivity index (χ2n) is 4.66. The van der Waals surface area contributed by atoms with Crippen molar-refractivity contribution in [1.82, 2.24) is 5.32 Å². The van der Waals surface area contributed by atoms with Gasteiger partial charge in [0.1, 0.15) is 0 Å². The van der Waals surface area contributed by atoms with Gasteiger partial charge in [0.25, 0.3) is 5.91 Å². The van der Waals surface area contributed by atoms with Crippen molar-refractivity contribution in [2.24, 2.45) is 0 Å². The van der Waals surface area contributed by atoms with Crippen LogP contribution in [0.1, 0.15) is 41.4 Å². The minimum atomic E-state index is -0.0287. The van der Waals surface area contributed by atoms with Gasteiger partial charge in [-0.15, -0.1) is 0 Å². The number of benzene rings is 2. The van der Waals surface area contributed by atoms with Gasteiger partial charge in [-0.1, -0.05) is 49.4 Å². The van der Waals surface area contributed by atoms with Gasteiger partial charge >= 0.3 is 0 Å². The van der Waals surface area contributed by atoms with E-state index in [9.17, 15) is 4.79 Å². The highest BCUT2D eigenvalue weighted by molar-refractivity contribution is 5.94. The Morgan fingerprint density at radius 1 is 1.05 bits per heavy atom. The van der Waals surface area contributed by atoms with Crippen LogP contribution >= 0.6 is 0 Å². The highest BCUT2D eigenvalue weighted by Crippen LogP contribution is 2.12. The molecular formula is C17H19NO. The molecule has 1 amide bonds. The smallest absolute Gasteiger partial charge is 0.251 e. The Morgan fingerprint density at radius 2 is 1.68 bits per heavy atom. The molecule has 2 aromatic carbocycles. The van der Waals surface area contributed by atoms with E-state index in [2.05, 4.69) is 12.2 Å². The molecule has 2 aromatic rings. The molecule has 0 aliphatic rings. The number of amides is 1. The number of aryl methyl sites for hydroxylation is 1. The number of hydrogen-bond donors (Lipinski definition) is 1. The summed E-state index contributed by atoms with van der Waals surface area (Å²) in [6.07, 6.45) is 0.988. The topological polar surface area (TPSA) is 29.1 Å². The fraction of sp³-hybridized carbons (Fsp3) is 0.235. The highest BCUT2D eigenvalue weighted by atomic mass is 16.1. The van der Waals surface area contributed by atoms with Gasteiger partial charge in [-0.2, -0.15) is 0 Å². The van der Waals surface area contributed by atoms with E-state index in [0.717, 1.165) is 12.0 Å². The second-order valence-corrected chi connectivity index (χ2v) is 4.66. The molecule has 0 aromatic heterocycles. The third kappa shape index (κ3) is 3.44. The molecule has 98 valence electrons. The number of carbonyl (C=O) groups is 1. The summed E-state index contributed by atoms with van der Waals surface area (Å²) in [5.74, 6) is -0.0287. The fourth-order valence-electron chi connectivity index (χ4n) is 2.00. The first-order valence-corrected chi connectivity index (χ1v) is 6.65. The van der Waals surface area contributed by atoms with Crippen LogP contribution in [-0.2, 0) is 6.42 Å². The monoisotopic (exact) mass is 253 g/mol. The van der Waals surface area contributed by atoms with E-state index in [-0.39, 0.29) is 11.9 Å². The van der Waals surface area contributed by atoms with E-state index in [1.165, 1.54) is 5.56 Å². The maximum atomic E-state index is 12.1. The van der Waals surface area contributed by atoms with Gasteiger partial charge in [0.05, 0.1) is 6.04 Å². The predicted octanol–water partition coefficient (Wildman–Crippen LogP) is 3.74. The molecule has 0 saturated carbocycles. The maximum Gasteiger partial charge on any atom is 0.251 e. The lowest BCUT2D eigenvalue weighted by molar-refractivity contribution is 0.0940. The zero-order valence-electron chi connectivity index (χ0n) is 11.4. The quantitative estimate of drug-likeness (QED) is 0.883. The molecular weight excluding hydrogens is 234 g/mol. The summed E-state index contributed by atoms with van der Waals surface area (Å²) in [5, 5.41) is 3.01. The van der Waals surface area contributed by atoms with E-state index in [0.29, 0.717) is 5.56 Å². The van der Waals surface area contributed by atoms with Gasteiger partial charge in [-0.3, -0.25) is 4.79 Å². The molecule has 2 nitrogen and oxygen atoms in total. The number of rotatable bonds is 4. The van der Waals surface area contributed by atoms with Crippen molar-refractivity contribution in [2.75, 3.05) is 0 Å². The average molecular weight is 253 g/mol. The first-order valence-electron chi connectivity index (χ1n) is 6.65. The van der Waals surface area contributed by atoms with Gasteiger partial charge in [0, 0.05) is 5.56 Å². The van der Waals surface area contributed by atoms with Crippen LogP contribution in [0.5, 0.6) is 0 Å². The minimum Gasteiger partial charge on any atom is -0.346 e. The molecule has 1 N–H and O–H groups in total. The fourth-order valence-corrected chi connectivity index (χ4v) is 2.00. The van der Waals surface area contributed by atoms with E-state index in [4.69, 9.17) is 0 Å². The van der Waals surface area contributed by atoms with E-state index in [1.807, 2.05) is 61.5 Å². The molecule has 2 rings (SSSR count). The van der Waals surface area contributed by atoms with Gasteiger partial charge in [-0.05, 0) is 36.6 Å². The van der Waals surface area contributed by atoms with E-state index >= 15 is 0 Å². The molecule has 1 unspecified atom stereocenters. The first kappa shape index (κ1) is 13.3. The van der Waals surface area contributed by atoms with Crippen LogP contribution in [-0.4, -0.2) is 5.91 Å². The molecule has 0 saturated heterocycles. The summed E-state index contributed by atoms with van der Waals surface area (Å²) in [6.45, 7) is 4.10. The summed E-state index contributed by atoms with van der Waals surface area (Å²) in [7, 11) is 0. The Kier molecular flexibility index (Phi) is 4.35. The zero-order chi connectivity index (χ0) is 13.7. The molecule has 19 heavy (non-hydrogen) atoms.